The van der Waals surface area contributed by atoms with Crippen LogP contribution in [-0.2, 0) is 6.42 Å². The number of rotatable bonds is 4. The van der Waals surface area contributed by atoms with Gasteiger partial charge in [0.1, 0.15) is 0 Å². The van der Waals surface area contributed by atoms with Crippen molar-refractivity contribution in [2.24, 2.45) is 5.92 Å². The van der Waals surface area contributed by atoms with Crippen molar-refractivity contribution >= 4 is 0 Å². The molecule has 0 bridgehead atoms. The average Bonchev–Trinajstić information content (AvgIpc) is 2.85. The van der Waals surface area contributed by atoms with E-state index in [0.29, 0.717) is 6.04 Å². The summed E-state index contributed by atoms with van der Waals surface area (Å²) in [5.74, 6) is 0.234. The Bertz CT molecular complexity index is 382. The van der Waals surface area contributed by atoms with E-state index in [2.05, 4.69) is 35.1 Å². The summed E-state index contributed by atoms with van der Waals surface area (Å²) in [7, 11) is 2.14. The minimum Gasteiger partial charge on any atom is -0.302 e. The van der Waals surface area contributed by atoms with E-state index in [1.54, 1.807) is 0 Å². The van der Waals surface area contributed by atoms with Crippen LogP contribution in [0.15, 0.2) is 24.5 Å². The number of hydrogen-bond donors (Lipinski definition) is 0. The standard InChI is InChI=1S/C14H19N3/c1-17(14-4-2-3-13(14)11-15)10-7-12-5-8-16-9-6-12/h5-6,8-9,13-14H,2-4,7,10H2,1H3. The molecule has 90 valence electrons. The van der Waals surface area contributed by atoms with Gasteiger partial charge in [0.2, 0.25) is 0 Å². The first kappa shape index (κ1) is 12.1. The van der Waals surface area contributed by atoms with Gasteiger partial charge in [0.05, 0.1) is 12.0 Å². The van der Waals surface area contributed by atoms with Gasteiger partial charge in [-0.25, -0.2) is 0 Å². The number of pyridine rings is 1. The highest BCUT2D eigenvalue weighted by Crippen LogP contribution is 2.28. The van der Waals surface area contributed by atoms with Crippen LogP contribution in [0.3, 0.4) is 0 Å². The summed E-state index contributed by atoms with van der Waals surface area (Å²) < 4.78 is 0. The molecule has 1 aromatic heterocycles. The molecule has 1 aliphatic rings. The lowest BCUT2D eigenvalue weighted by Gasteiger charge is -2.26. The van der Waals surface area contributed by atoms with Crippen molar-refractivity contribution in [3.8, 4) is 6.07 Å². The summed E-state index contributed by atoms with van der Waals surface area (Å²) in [6.07, 6.45) is 8.15. The predicted molar refractivity (Wildman–Crippen MR) is 67.3 cm³/mol. The topological polar surface area (TPSA) is 39.9 Å². The number of nitriles is 1. The van der Waals surface area contributed by atoms with E-state index in [-0.39, 0.29) is 5.92 Å². The minimum absolute atomic E-state index is 0.234. The zero-order valence-electron chi connectivity index (χ0n) is 10.3. The number of hydrogen-bond acceptors (Lipinski definition) is 3. The molecule has 0 aliphatic heterocycles. The molecule has 1 heterocycles. The van der Waals surface area contributed by atoms with Crippen molar-refractivity contribution in [1.29, 1.82) is 5.26 Å². The van der Waals surface area contributed by atoms with E-state index in [0.717, 1.165) is 19.4 Å². The Kier molecular flexibility index (Phi) is 4.11. The molecule has 1 aromatic rings. The highest BCUT2D eigenvalue weighted by atomic mass is 15.1. The molecule has 0 spiro atoms. The van der Waals surface area contributed by atoms with Crippen LogP contribution in [0.4, 0.5) is 0 Å². The van der Waals surface area contributed by atoms with Crippen molar-refractivity contribution < 1.29 is 0 Å². The minimum atomic E-state index is 0.234. The molecule has 0 N–H and O–H groups in total. The third kappa shape index (κ3) is 3.04. The van der Waals surface area contributed by atoms with E-state index < -0.39 is 0 Å². The molecule has 0 radical (unpaired) electrons. The van der Waals surface area contributed by atoms with Gasteiger partial charge in [0.15, 0.2) is 0 Å². The zero-order valence-corrected chi connectivity index (χ0v) is 10.3. The molecule has 17 heavy (non-hydrogen) atoms. The first-order valence-corrected chi connectivity index (χ1v) is 6.30. The van der Waals surface area contributed by atoms with E-state index in [4.69, 9.17) is 5.26 Å². The Balaban J connectivity index is 1.85. The summed E-state index contributed by atoms with van der Waals surface area (Å²) in [4.78, 5) is 6.37. The molecule has 2 atom stereocenters. The van der Waals surface area contributed by atoms with Crippen molar-refractivity contribution in [2.45, 2.75) is 31.7 Å². The van der Waals surface area contributed by atoms with Gasteiger partial charge in [0, 0.05) is 25.0 Å². The van der Waals surface area contributed by atoms with Crippen LogP contribution in [-0.4, -0.2) is 29.5 Å². The van der Waals surface area contributed by atoms with Crippen molar-refractivity contribution in [1.82, 2.24) is 9.88 Å². The molecule has 1 fully saturated rings. The Morgan fingerprint density at radius 2 is 2.18 bits per heavy atom. The van der Waals surface area contributed by atoms with Crippen LogP contribution in [0, 0.1) is 17.2 Å². The molecule has 0 saturated heterocycles. The van der Waals surface area contributed by atoms with E-state index in [1.165, 1.54) is 18.4 Å². The van der Waals surface area contributed by atoms with Gasteiger partial charge in [-0.1, -0.05) is 6.42 Å². The van der Waals surface area contributed by atoms with E-state index >= 15 is 0 Å². The quantitative estimate of drug-likeness (QED) is 0.795. The number of aromatic nitrogens is 1. The van der Waals surface area contributed by atoms with Crippen LogP contribution in [0.25, 0.3) is 0 Å². The van der Waals surface area contributed by atoms with Crippen LogP contribution >= 0.6 is 0 Å². The lowest BCUT2D eigenvalue weighted by molar-refractivity contribution is 0.223. The van der Waals surface area contributed by atoms with Crippen molar-refractivity contribution in [3.63, 3.8) is 0 Å². The maximum Gasteiger partial charge on any atom is 0.0672 e. The third-order valence-corrected chi connectivity index (χ3v) is 3.71. The van der Waals surface area contributed by atoms with E-state index in [9.17, 15) is 0 Å². The second-order valence-corrected chi connectivity index (χ2v) is 4.82. The fraction of sp³-hybridized carbons (Fsp3) is 0.571. The molecule has 1 saturated carbocycles. The van der Waals surface area contributed by atoms with E-state index in [1.807, 2.05) is 12.4 Å². The van der Waals surface area contributed by atoms with Crippen LogP contribution in [0.5, 0.6) is 0 Å². The van der Waals surface area contributed by atoms with Gasteiger partial charge in [0.25, 0.3) is 0 Å². The number of nitrogens with zero attached hydrogens (tertiary/aromatic N) is 3. The van der Waals surface area contributed by atoms with Gasteiger partial charge < -0.3 is 4.90 Å². The van der Waals surface area contributed by atoms with Crippen LogP contribution in [0.1, 0.15) is 24.8 Å². The molecular formula is C14H19N3. The molecular weight excluding hydrogens is 210 g/mol. The van der Waals surface area contributed by atoms with Gasteiger partial charge in [-0.2, -0.15) is 5.26 Å². The lowest BCUT2D eigenvalue weighted by Crippen LogP contribution is -2.35. The molecule has 2 rings (SSSR count). The summed E-state index contributed by atoms with van der Waals surface area (Å²) in [6.45, 7) is 1.02. The summed E-state index contributed by atoms with van der Waals surface area (Å²) in [5, 5.41) is 9.09. The Labute approximate surface area is 103 Å². The lowest BCUT2D eigenvalue weighted by atomic mass is 10.0. The zero-order chi connectivity index (χ0) is 12.1. The Morgan fingerprint density at radius 1 is 1.41 bits per heavy atom. The molecule has 1 aliphatic carbocycles. The second-order valence-electron chi connectivity index (χ2n) is 4.82. The monoisotopic (exact) mass is 229 g/mol. The Morgan fingerprint density at radius 3 is 2.88 bits per heavy atom. The largest absolute Gasteiger partial charge is 0.302 e. The van der Waals surface area contributed by atoms with Crippen molar-refractivity contribution in [3.05, 3.63) is 30.1 Å². The maximum absolute atomic E-state index is 9.09. The maximum atomic E-state index is 9.09. The summed E-state index contributed by atoms with van der Waals surface area (Å²) >= 11 is 0. The average molecular weight is 229 g/mol. The molecule has 3 heteroatoms. The smallest absolute Gasteiger partial charge is 0.0672 e. The molecule has 0 aromatic carbocycles. The van der Waals surface area contributed by atoms with Crippen molar-refractivity contribution in [2.75, 3.05) is 13.6 Å². The fourth-order valence-corrected chi connectivity index (χ4v) is 2.64. The summed E-state index contributed by atoms with van der Waals surface area (Å²) in [6, 6.07) is 7.02. The molecule has 2 unspecified atom stereocenters. The predicted octanol–water partition coefficient (Wildman–Crippen LogP) is 2.25. The second kappa shape index (κ2) is 5.79. The molecule has 0 amide bonds. The first-order valence-electron chi connectivity index (χ1n) is 6.30. The molecule has 3 nitrogen and oxygen atoms in total. The van der Waals surface area contributed by atoms with Gasteiger partial charge in [-0.05, 0) is 44.0 Å². The fourth-order valence-electron chi connectivity index (χ4n) is 2.64. The van der Waals surface area contributed by atoms with Gasteiger partial charge in [-0.15, -0.1) is 0 Å². The van der Waals surface area contributed by atoms with Crippen LogP contribution in [0.2, 0.25) is 0 Å². The Hall–Kier alpha value is -1.40. The first-order chi connectivity index (χ1) is 8.31. The highest BCUT2D eigenvalue weighted by Gasteiger charge is 2.29. The number of likely N-dealkylation sites (N-methyl/N-ethyl adjacent to an activating group) is 1. The SMILES string of the molecule is CN(CCc1ccncc1)C1CCCC1C#N. The third-order valence-electron chi connectivity index (χ3n) is 3.71. The highest BCUT2D eigenvalue weighted by molar-refractivity contribution is 5.10. The normalized spacial score (nSPS) is 23.8. The van der Waals surface area contributed by atoms with Crippen LogP contribution < -0.4 is 0 Å². The van der Waals surface area contributed by atoms with Gasteiger partial charge in [-0.3, -0.25) is 4.98 Å². The summed E-state index contributed by atoms with van der Waals surface area (Å²) in [5.41, 5.74) is 1.32. The van der Waals surface area contributed by atoms with Gasteiger partial charge >= 0.3 is 0 Å².